The van der Waals surface area contributed by atoms with E-state index in [1.54, 1.807) is 16.6 Å². The number of carbonyl (C=O) groups excluding carboxylic acids is 1. The van der Waals surface area contributed by atoms with Crippen LogP contribution in [-0.2, 0) is 6.42 Å². The highest BCUT2D eigenvalue weighted by atomic mass is 16.1. The van der Waals surface area contributed by atoms with Crippen LogP contribution in [0.5, 0.6) is 0 Å². The zero-order valence-corrected chi connectivity index (χ0v) is 15.1. The topological polar surface area (TPSA) is 84.2 Å². The Balaban J connectivity index is 1.60. The average molecular weight is 352 g/mol. The molecular formula is C19H24N6O. The van der Waals surface area contributed by atoms with Crippen molar-refractivity contribution in [1.82, 2.24) is 25.1 Å². The van der Waals surface area contributed by atoms with E-state index in [0.29, 0.717) is 30.1 Å². The molecule has 0 radical (unpaired) electrons. The van der Waals surface area contributed by atoms with Crippen molar-refractivity contribution >= 4 is 17.4 Å². The number of nitrogens with one attached hydrogen (secondary N) is 2. The van der Waals surface area contributed by atoms with Gasteiger partial charge < -0.3 is 10.6 Å². The van der Waals surface area contributed by atoms with Gasteiger partial charge in [-0.05, 0) is 36.6 Å². The highest BCUT2D eigenvalue weighted by Crippen LogP contribution is 2.09. The third kappa shape index (κ3) is 4.56. The van der Waals surface area contributed by atoms with Gasteiger partial charge in [0.05, 0.1) is 0 Å². The Labute approximate surface area is 152 Å². The summed E-state index contributed by atoms with van der Waals surface area (Å²) in [7, 11) is 0. The van der Waals surface area contributed by atoms with Crippen molar-refractivity contribution in [2.75, 3.05) is 18.4 Å². The van der Waals surface area contributed by atoms with E-state index in [1.165, 1.54) is 0 Å². The lowest BCUT2D eigenvalue weighted by Gasteiger charge is -2.08. The number of fused-ring (bicyclic) bond motifs is 1. The van der Waals surface area contributed by atoms with Gasteiger partial charge in [0.25, 0.3) is 5.91 Å². The molecule has 0 fully saturated rings. The summed E-state index contributed by atoms with van der Waals surface area (Å²) in [6.45, 7) is 5.74. The Morgan fingerprint density at radius 1 is 1.08 bits per heavy atom. The molecule has 1 aromatic carbocycles. The second kappa shape index (κ2) is 8.42. The summed E-state index contributed by atoms with van der Waals surface area (Å²) in [4.78, 5) is 12.1. The van der Waals surface area contributed by atoms with Gasteiger partial charge in [-0.1, -0.05) is 32.0 Å². The molecule has 1 amide bonds. The van der Waals surface area contributed by atoms with Gasteiger partial charge in [-0.3, -0.25) is 4.79 Å². The van der Waals surface area contributed by atoms with Crippen LogP contribution < -0.4 is 10.6 Å². The standard InChI is InChI=1S/C19H24N6O/c1-14(2)10-12-20-16-8-9-17-22-23-18(25(17)24-16)11-13-21-19(26)15-6-4-3-5-7-15/h3-9,14H,10-13H2,1-2H3,(H,20,24)(H,21,26). The number of aromatic nitrogens is 4. The second-order valence-corrected chi connectivity index (χ2v) is 6.59. The number of anilines is 1. The summed E-state index contributed by atoms with van der Waals surface area (Å²) in [6, 6.07) is 13.0. The van der Waals surface area contributed by atoms with Gasteiger partial charge in [0.1, 0.15) is 5.82 Å². The first-order valence-electron chi connectivity index (χ1n) is 8.92. The van der Waals surface area contributed by atoms with E-state index in [-0.39, 0.29) is 5.91 Å². The molecular weight excluding hydrogens is 328 g/mol. The maximum Gasteiger partial charge on any atom is 0.251 e. The van der Waals surface area contributed by atoms with Crippen LogP contribution in [0.4, 0.5) is 5.82 Å². The molecule has 2 aromatic heterocycles. The largest absolute Gasteiger partial charge is 0.369 e. The predicted octanol–water partition coefficient (Wildman–Crippen LogP) is 2.55. The molecule has 0 unspecified atom stereocenters. The second-order valence-electron chi connectivity index (χ2n) is 6.59. The first kappa shape index (κ1) is 17.8. The number of rotatable bonds is 8. The van der Waals surface area contributed by atoms with Crippen LogP contribution in [0.1, 0.15) is 36.5 Å². The van der Waals surface area contributed by atoms with Crippen LogP contribution in [0.15, 0.2) is 42.5 Å². The molecule has 0 aliphatic heterocycles. The summed E-state index contributed by atoms with van der Waals surface area (Å²) >= 11 is 0. The van der Waals surface area contributed by atoms with Crippen molar-refractivity contribution < 1.29 is 4.79 Å². The molecule has 3 aromatic rings. The summed E-state index contributed by atoms with van der Waals surface area (Å²) in [6.07, 6.45) is 1.64. The van der Waals surface area contributed by atoms with Gasteiger partial charge in [0, 0.05) is 25.1 Å². The third-order valence-electron chi connectivity index (χ3n) is 4.03. The number of carbonyl (C=O) groups is 1. The summed E-state index contributed by atoms with van der Waals surface area (Å²) < 4.78 is 1.73. The lowest BCUT2D eigenvalue weighted by molar-refractivity contribution is 0.0954. The predicted molar refractivity (Wildman–Crippen MR) is 101 cm³/mol. The highest BCUT2D eigenvalue weighted by molar-refractivity contribution is 5.94. The Kier molecular flexibility index (Phi) is 5.78. The number of benzene rings is 1. The van der Waals surface area contributed by atoms with Gasteiger partial charge in [0.2, 0.25) is 0 Å². The average Bonchev–Trinajstić information content (AvgIpc) is 3.04. The quantitative estimate of drug-likeness (QED) is 0.651. The number of hydrogen-bond donors (Lipinski definition) is 2. The number of nitrogens with zero attached hydrogens (tertiary/aromatic N) is 4. The molecule has 0 saturated carbocycles. The van der Waals surface area contributed by atoms with E-state index in [4.69, 9.17) is 0 Å². The Hall–Kier alpha value is -2.96. The molecule has 26 heavy (non-hydrogen) atoms. The van der Waals surface area contributed by atoms with E-state index in [1.807, 2.05) is 30.3 Å². The van der Waals surface area contributed by atoms with E-state index >= 15 is 0 Å². The van der Waals surface area contributed by atoms with E-state index in [9.17, 15) is 4.79 Å². The molecule has 136 valence electrons. The van der Waals surface area contributed by atoms with Crippen molar-refractivity contribution in [2.45, 2.75) is 26.7 Å². The minimum atomic E-state index is -0.0941. The number of amides is 1. The molecule has 2 heterocycles. The van der Waals surface area contributed by atoms with Gasteiger partial charge in [-0.2, -0.15) is 4.52 Å². The van der Waals surface area contributed by atoms with Gasteiger partial charge in [0.15, 0.2) is 11.5 Å². The molecule has 7 heteroatoms. The minimum Gasteiger partial charge on any atom is -0.369 e. The maximum absolute atomic E-state index is 12.1. The molecule has 0 aliphatic carbocycles. The molecule has 2 N–H and O–H groups in total. The normalized spacial score (nSPS) is 11.0. The Morgan fingerprint density at radius 3 is 2.65 bits per heavy atom. The SMILES string of the molecule is CC(C)CCNc1ccc2nnc(CCNC(=O)c3ccccc3)n2n1. The van der Waals surface area contributed by atoms with Crippen LogP contribution in [0.25, 0.3) is 5.65 Å². The first-order chi connectivity index (χ1) is 12.6. The molecule has 3 rings (SSSR count). The van der Waals surface area contributed by atoms with Crippen molar-refractivity contribution in [1.29, 1.82) is 0 Å². The van der Waals surface area contributed by atoms with Gasteiger partial charge in [-0.15, -0.1) is 15.3 Å². The zero-order chi connectivity index (χ0) is 18.4. The molecule has 0 saturated heterocycles. The van der Waals surface area contributed by atoms with Crippen LogP contribution in [0.3, 0.4) is 0 Å². The van der Waals surface area contributed by atoms with Gasteiger partial charge >= 0.3 is 0 Å². The smallest absolute Gasteiger partial charge is 0.251 e. The molecule has 0 aliphatic rings. The fourth-order valence-electron chi connectivity index (χ4n) is 2.55. The third-order valence-corrected chi connectivity index (χ3v) is 4.03. The maximum atomic E-state index is 12.1. The summed E-state index contributed by atoms with van der Waals surface area (Å²) in [5.41, 5.74) is 1.34. The van der Waals surface area contributed by atoms with Crippen molar-refractivity contribution in [3.63, 3.8) is 0 Å². The molecule has 0 atom stereocenters. The number of hydrogen-bond acceptors (Lipinski definition) is 5. The molecule has 7 nitrogen and oxygen atoms in total. The van der Waals surface area contributed by atoms with Crippen LogP contribution in [0, 0.1) is 5.92 Å². The van der Waals surface area contributed by atoms with Crippen molar-refractivity contribution in [3.05, 3.63) is 53.9 Å². The Morgan fingerprint density at radius 2 is 1.88 bits per heavy atom. The molecule has 0 bridgehead atoms. The van der Waals surface area contributed by atoms with Crippen LogP contribution in [-0.4, -0.2) is 38.8 Å². The Bertz CT molecular complexity index is 859. The van der Waals surface area contributed by atoms with E-state index < -0.39 is 0 Å². The van der Waals surface area contributed by atoms with Crippen LogP contribution >= 0.6 is 0 Å². The van der Waals surface area contributed by atoms with Crippen molar-refractivity contribution in [3.8, 4) is 0 Å². The minimum absolute atomic E-state index is 0.0941. The van der Waals surface area contributed by atoms with E-state index in [2.05, 4.69) is 39.8 Å². The summed E-state index contributed by atoms with van der Waals surface area (Å²) in [5, 5.41) is 19.1. The highest BCUT2D eigenvalue weighted by Gasteiger charge is 2.09. The first-order valence-corrected chi connectivity index (χ1v) is 8.92. The van der Waals surface area contributed by atoms with Crippen molar-refractivity contribution in [2.24, 2.45) is 5.92 Å². The van der Waals surface area contributed by atoms with Gasteiger partial charge in [-0.25, -0.2) is 0 Å². The summed E-state index contributed by atoms with van der Waals surface area (Å²) in [5.74, 6) is 2.07. The monoisotopic (exact) mass is 352 g/mol. The molecule has 0 spiro atoms. The lowest BCUT2D eigenvalue weighted by Crippen LogP contribution is -2.26. The zero-order valence-electron chi connectivity index (χ0n) is 15.1. The van der Waals surface area contributed by atoms with E-state index in [0.717, 1.165) is 24.6 Å². The fraction of sp³-hybridized carbons (Fsp3) is 0.368. The lowest BCUT2D eigenvalue weighted by atomic mass is 10.1. The van der Waals surface area contributed by atoms with Crippen LogP contribution in [0.2, 0.25) is 0 Å². The fourth-order valence-corrected chi connectivity index (χ4v) is 2.55.